The zero-order chi connectivity index (χ0) is 22.6. The van der Waals surface area contributed by atoms with Crippen LogP contribution in [0.15, 0.2) is 42.7 Å². The molecular formula is C25H34ClN5O2. The number of rotatable bonds is 6. The Morgan fingerprint density at radius 3 is 2.45 bits per heavy atom. The minimum absolute atomic E-state index is 0.187. The number of aliphatic hydroxyl groups excluding tert-OH is 1. The molecule has 4 heterocycles. The number of nitrogens with zero attached hydrogens (tertiary/aromatic N) is 5. The summed E-state index contributed by atoms with van der Waals surface area (Å²) in [5, 5.41) is 10.7. The molecule has 0 radical (unpaired) electrons. The van der Waals surface area contributed by atoms with Gasteiger partial charge in [-0.2, -0.15) is 0 Å². The molecule has 0 bridgehead atoms. The molecule has 2 aromatic rings. The summed E-state index contributed by atoms with van der Waals surface area (Å²) >= 11 is 6.11. The zero-order valence-electron chi connectivity index (χ0n) is 19.1. The van der Waals surface area contributed by atoms with Crippen LogP contribution in [0.4, 0.5) is 5.95 Å². The van der Waals surface area contributed by atoms with Crippen LogP contribution in [0, 0.1) is 0 Å². The first-order valence-corrected chi connectivity index (χ1v) is 12.6. The van der Waals surface area contributed by atoms with Crippen LogP contribution >= 0.6 is 11.6 Å². The fourth-order valence-corrected chi connectivity index (χ4v) is 5.65. The van der Waals surface area contributed by atoms with Gasteiger partial charge in [-0.15, -0.1) is 0 Å². The van der Waals surface area contributed by atoms with Crippen molar-refractivity contribution in [1.29, 1.82) is 0 Å². The van der Waals surface area contributed by atoms with Crippen molar-refractivity contribution in [3.63, 3.8) is 0 Å². The van der Waals surface area contributed by atoms with Crippen molar-refractivity contribution in [3.8, 4) is 0 Å². The topological polar surface area (TPSA) is 65.0 Å². The smallest absolute Gasteiger partial charge is 0.225 e. The lowest BCUT2D eigenvalue weighted by Crippen LogP contribution is -2.58. The number of β-amino-alcohol motifs (C(OH)–C–C–N with tert-alkyl or cyclic N) is 1. The third-order valence-electron chi connectivity index (χ3n) is 7.27. The highest BCUT2D eigenvalue weighted by molar-refractivity contribution is 6.30. The van der Waals surface area contributed by atoms with Gasteiger partial charge in [-0.1, -0.05) is 23.7 Å². The Kier molecular flexibility index (Phi) is 7.43. The van der Waals surface area contributed by atoms with Crippen LogP contribution in [-0.4, -0.2) is 95.0 Å². The number of aromatic nitrogens is 2. The van der Waals surface area contributed by atoms with Crippen LogP contribution < -0.4 is 4.90 Å². The Labute approximate surface area is 201 Å². The number of morpholine rings is 1. The summed E-state index contributed by atoms with van der Waals surface area (Å²) in [4.78, 5) is 16.2. The number of hydrogen-bond donors (Lipinski definition) is 1. The monoisotopic (exact) mass is 471 g/mol. The molecule has 0 spiro atoms. The van der Waals surface area contributed by atoms with Crippen LogP contribution in [-0.2, 0) is 11.2 Å². The van der Waals surface area contributed by atoms with Gasteiger partial charge in [0.25, 0.3) is 0 Å². The Morgan fingerprint density at radius 2 is 1.76 bits per heavy atom. The molecule has 1 aromatic carbocycles. The maximum Gasteiger partial charge on any atom is 0.225 e. The molecular weight excluding hydrogens is 438 g/mol. The van der Waals surface area contributed by atoms with E-state index >= 15 is 0 Å². The van der Waals surface area contributed by atoms with Crippen molar-refractivity contribution in [2.45, 2.75) is 50.0 Å². The number of halogens is 1. The third kappa shape index (κ3) is 5.84. The van der Waals surface area contributed by atoms with Crippen molar-refractivity contribution in [3.05, 3.63) is 53.3 Å². The average Bonchev–Trinajstić information content (AvgIpc) is 3.26. The number of piperidine rings is 1. The molecule has 1 aromatic heterocycles. The summed E-state index contributed by atoms with van der Waals surface area (Å²) < 4.78 is 6.37. The summed E-state index contributed by atoms with van der Waals surface area (Å²) in [5.41, 5.74) is 1.30. The van der Waals surface area contributed by atoms with Crippen molar-refractivity contribution >= 4 is 17.5 Å². The van der Waals surface area contributed by atoms with E-state index in [1.165, 1.54) is 5.56 Å². The molecule has 3 fully saturated rings. The van der Waals surface area contributed by atoms with Crippen LogP contribution in [0.1, 0.15) is 24.8 Å². The lowest BCUT2D eigenvalue weighted by molar-refractivity contribution is -0.0901. The molecule has 8 heteroatoms. The second-order valence-electron chi connectivity index (χ2n) is 9.61. The molecule has 0 saturated carbocycles. The van der Waals surface area contributed by atoms with Gasteiger partial charge >= 0.3 is 0 Å². The van der Waals surface area contributed by atoms with E-state index in [0.29, 0.717) is 12.1 Å². The normalized spacial score (nSPS) is 27.8. The molecule has 3 saturated heterocycles. The zero-order valence-corrected chi connectivity index (χ0v) is 19.9. The number of likely N-dealkylation sites (tertiary alicyclic amines) is 1. The quantitative estimate of drug-likeness (QED) is 0.694. The summed E-state index contributed by atoms with van der Waals surface area (Å²) in [6, 6.07) is 11.0. The van der Waals surface area contributed by atoms with E-state index in [9.17, 15) is 5.11 Å². The van der Waals surface area contributed by atoms with Crippen molar-refractivity contribution in [2.24, 2.45) is 0 Å². The van der Waals surface area contributed by atoms with E-state index < -0.39 is 0 Å². The van der Waals surface area contributed by atoms with Gasteiger partial charge in [-0.25, -0.2) is 9.97 Å². The van der Waals surface area contributed by atoms with Gasteiger partial charge in [0.1, 0.15) is 0 Å². The van der Waals surface area contributed by atoms with Crippen LogP contribution in [0.3, 0.4) is 0 Å². The number of hydrogen-bond acceptors (Lipinski definition) is 7. The number of aliphatic hydroxyl groups is 1. The Balaban J connectivity index is 1.25. The first-order chi connectivity index (χ1) is 16.1. The van der Waals surface area contributed by atoms with Crippen LogP contribution in [0.5, 0.6) is 0 Å². The van der Waals surface area contributed by atoms with Crippen molar-refractivity contribution < 1.29 is 9.84 Å². The molecule has 1 N–H and O–H groups in total. The third-order valence-corrected chi connectivity index (χ3v) is 7.52. The van der Waals surface area contributed by atoms with Crippen molar-refractivity contribution in [2.75, 3.05) is 50.8 Å². The van der Waals surface area contributed by atoms with E-state index in [-0.39, 0.29) is 12.2 Å². The molecule has 0 unspecified atom stereocenters. The molecule has 3 aliphatic heterocycles. The summed E-state index contributed by atoms with van der Waals surface area (Å²) in [5.74, 6) is 0.834. The Bertz CT molecular complexity index is 878. The maximum absolute atomic E-state index is 9.91. The summed E-state index contributed by atoms with van der Waals surface area (Å²) in [6.07, 6.45) is 7.68. The number of ether oxygens (including phenoxy) is 1. The largest absolute Gasteiger partial charge is 0.392 e. The maximum atomic E-state index is 9.91. The van der Waals surface area contributed by atoms with Crippen LogP contribution in [0.2, 0.25) is 5.02 Å². The Morgan fingerprint density at radius 1 is 1.00 bits per heavy atom. The first kappa shape index (κ1) is 23.0. The second-order valence-corrected chi connectivity index (χ2v) is 10.0. The average molecular weight is 472 g/mol. The van der Waals surface area contributed by atoms with Gasteiger partial charge in [-0.05, 0) is 49.4 Å². The lowest BCUT2D eigenvalue weighted by atomic mass is 9.96. The second kappa shape index (κ2) is 10.7. The molecule has 7 nitrogen and oxygen atoms in total. The number of benzene rings is 1. The molecule has 3 atom stereocenters. The summed E-state index contributed by atoms with van der Waals surface area (Å²) in [6.45, 7) is 6.26. The molecule has 33 heavy (non-hydrogen) atoms. The predicted octanol–water partition coefficient (Wildman–Crippen LogP) is 2.48. The highest BCUT2D eigenvalue weighted by atomic mass is 35.5. The predicted molar refractivity (Wildman–Crippen MR) is 130 cm³/mol. The Hall–Kier alpha value is -1.77. The van der Waals surface area contributed by atoms with E-state index in [1.807, 2.05) is 30.6 Å². The van der Waals surface area contributed by atoms with Crippen LogP contribution in [0.25, 0.3) is 0 Å². The molecule has 5 rings (SSSR count). The van der Waals surface area contributed by atoms with Gasteiger partial charge in [0.2, 0.25) is 5.95 Å². The minimum atomic E-state index is -0.188. The highest BCUT2D eigenvalue weighted by Gasteiger charge is 2.37. The summed E-state index contributed by atoms with van der Waals surface area (Å²) in [7, 11) is 0. The SMILES string of the molecule is O[C@H]1CCN(C[C@H]2CN(C3CCN(c4ncccn4)CC3)[C@@H](Cc3ccc(Cl)cc3)CO2)C1. The fourth-order valence-electron chi connectivity index (χ4n) is 5.52. The number of anilines is 1. The van der Waals surface area contributed by atoms with Crippen molar-refractivity contribution in [1.82, 2.24) is 19.8 Å². The lowest BCUT2D eigenvalue weighted by Gasteiger charge is -2.47. The van der Waals surface area contributed by atoms with Gasteiger partial charge < -0.3 is 14.7 Å². The highest BCUT2D eigenvalue weighted by Crippen LogP contribution is 2.27. The molecule has 178 valence electrons. The van der Waals surface area contributed by atoms with E-state index in [4.69, 9.17) is 16.3 Å². The standard InChI is InChI=1S/C25H34ClN5O2/c26-20-4-2-19(3-5-20)14-22-18-33-24(16-29-11-8-23(32)15-29)17-31(22)21-6-12-30(13-7-21)25-27-9-1-10-28-25/h1-5,9-10,21-24,32H,6-8,11-18H2/t22-,23-,24-/m0/s1. The first-order valence-electron chi connectivity index (χ1n) is 12.2. The fraction of sp³-hybridized carbons (Fsp3) is 0.600. The molecule has 0 aliphatic carbocycles. The molecule has 0 amide bonds. The van der Waals surface area contributed by atoms with E-state index in [2.05, 4.69) is 36.8 Å². The van der Waals surface area contributed by atoms with Gasteiger partial charge in [-0.3, -0.25) is 9.80 Å². The van der Waals surface area contributed by atoms with Gasteiger partial charge in [0.15, 0.2) is 0 Å². The molecule has 3 aliphatic rings. The van der Waals surface area contributed by atoms with Gasteiger partial charge in [0, 0.05) is 68.8 Å². The minimum Gasteiger partial charge on any atom is -0.392 e. The van der Waals surface area contributed by atoms with Gasteiger partial charge in [0.05, 0.1) is 18.8 Å². The van der Waals surface area contributed by atoms with E-state index in [0.717, 1.165) is 82.5 Å². The van der Waals surface area contributed by atoms with E-state index in [1.54, 1.807) is 0 Å².